The van der Waals surface area contributed by atoms with Crippen LogP contribution in [0, 0.1) is 0 Å². The predicted molar refractivity (Wildman–Crippen MR) is 73.7 cm³/mol. The van der Waals surface area contributed by atoms with Crippen molar-refractivity contribution in [1.29, 1.82) is 0 Å². The smallest absolute Gasteiger partial charge is 0.248 e. The molecule has 2 aromatic rings. The van der Waals surface area contributed by atoms with Crippen LogP contribution in [0.2, 0.25) is 0 Å². The van der Waals surface area contributed by atoms with E-state index in [1.807, 2.05) is 0 Å². The molecule has 0 aliphatic rings. The number of rotatable bonds is 4. The first-order valence-corrected chi connectivity index (χ1v) is 6.86. The van der Waals surface area contributed by atoms with Gasteiger partial charge in [-0.25, -0.2) is 0 Å². The summed E-state index contributed by atoms with van der Waals surface area (Å²) in [5.74, 6) is -0.154. The van der Waals surface area contributed by atoms with Crippen LogP contribution >= 0.6 is 0 Å². The quantitative estimate of drug-likeness (QED) is 0.871. The van der Waals surface area contributed by atoms with Crippen LogP contribution in [0.3, 0.4) is 0 Å². The molecule has 1 amide bonds. The molecule has 5 nitrogen and oxygen atoms in total. The van der Waals surface area contributed by atoms with Gasteiger partial charge in [-0.1, -0.05) is 12.1 Å². The second-order valence-corrected chi connectivity index (χ2v) is 5.38. The number of carbonyl (C=O) groups is 1. The third kappa shape index (κ3) is 3.17. The van der Waals surface area contributed by atoms with E-state index in [1.165, 1.54) is 6.20 Å². The largest absolute Gasteiger partial charge is 0.396 e. The molecule has 1 unspecified atom stereocenters. The molecule has 0 spiro atoms. The first-order valence-electron chi connectivity index (χ1n) is 5.54. The van der Waals surface area contributed by atoms with E-state index < -0.39 is 16.7 Å². The molecule has 0 saturated carbocycles. The molecule has 98 valence electrons. The van der Waals surface area contributed by atoms with Gasteiger partial charge < -0.3 is 11.5 Å². The summed E-state index contributed by atoms with van der Waals surface area (Å²) >= 11 is 0. The first kappa shape index (κ1) is 13.2. The maximum atomic E-state index is 12.2. The second-order valence-electron chi connectivity index (χ2n) is 3.96. The van der Waals surface area contributed by atoms with Crippen molar-refractivity contribution in [2.75, 3.05) is 5.73 Å². The Hall–Kier alpha value is -2.21. The number of hydrogen-bond donors (Lipinski definition) is 2. The van der Waals surface area contributed by atoms with E-state index in [9.17, 15) is 9.00 Å². The van der Waals surface area contributed by atoms with Gasteiger partial charge in [-0.3, -0.25) is 14.0 Å². The average molecular weight is 275 g/mol. The minimum atomic E-state index is -1.24. The number of hydrogen-bond acceptors (Lipinski definition) is 4. The Kier molecular flexibility index (Phi) is 3.91. The summed E-state index contributed by atoms with van der Waals surface area (Å²) in [5.41, 5.74) is 12.6. The van der Waals surface area contributed by atoms with Crippen molar-refractivity contribution >= 4 is 22.4 Å². The fraction of sp³-hybridized carbons (Fsp3) is 0.0769. The molecule has 0 bridgehead atoms. The molecule has 4 N–H and O–H groups in total. The minimum absolute atomic E-state index is 0.327. The molecule has 0 saturated heterocycles. The summed E-state index contributed by atoms with van der Waals surface area (Å²) in [7, 11) is -1.24. The van der Waals surface area contributed by atoms with Crippen LogP contribution in [0.25, 0.3) is 0 Å². The SMILES string of the molecule is NC(=O)c1ccc(CS(=O)c2ccncc2N)cc1. The van der Waals surface area contributed by atoms with Crippen LogP contribution in [0.15, 0.2) is 47.6 Å². The Morgan fingerprint density at radius 3 is 2.47 bits per heavy atom. The van der Waals surface area contributed by atoms with E-state index >= 15 is 0 Å². The number of nitrogens with zero attached hydrogens (tertiary/aromatic N) is 1. The normalized spacial score (nSPS) is 12.0. The van der Waals surface area contributed by atoms with Gasteiger partial charge in [-0.05, 0) is 23.8 Å². The summed E-state index contributed by atoms with van der Waals surface area (Å²) in [4.78, 5) is 15.4. The van der Waals surface area contributed by atoms with Crippen LogP contribution in [0.1, 0.15) is 15.9 Å². The Balaban J connectivity index is 2.15. The van der Waals surface area contributed by atoms with Gasteiger partial charge in [0, 0.05) is 11.8 Å². The fourth-order valence-electron chi connectivity index (χ4n) is 1.60. The van der Waals surface area contributed by atoms with Gasteiger partial charge in [-0.15, -0.1) is 0 Å². The standard InChI is InChI=1S/C13H13N3O2S/c14-11-7-16-6-5-12(11)19(18)8-9-1-3-10(4-2-9)13(15)17/h1-7H,8,14H2,(H2,15,17). The number of carbonyl (C=O) groups excluding carboxylic acids is 1. The molecule has 19 heavy (non-hydrogen) atoms. The molecule has 1 aromatic carbocycles. The summed E-state index contributed by atoms with van der Waals surface area (Å²) in [6, 6.07) is 8.34. The summed E-state index contributed by atoms with van der Waals surface area (Å²) in [6.45, 7) is 0. The van der Waals surface area contributed by atoms with Gasteiger partial charge in [0.2, 0.25) is 5.91 Å². The highest BCUT2D eigenvalue weighted by molar-refractivity contribution is 7.84. The topological polar surface area (TPSA) is 99.1 Å². The van der Waals surface area contributed by atoms with Crippen molar-refractivity contribution in [1.82, 2.24) is 4.98 Å². The zero-order valence-electron chi connectivity index (χ0n) is 10.1. The third-order valence-corrected chi connectivity index (χ3v) is 4.05. The van der Waals surface area contributed by atoms with E-state index in [0.717, 1.165) is 5.56 Å². The Morgan fingerprint density at radius 1 is 1.21 bits per heavy atom. The van der Waals surface area contributed by atoms with Gasteiger partial charge >= 0.3 is 0 Å². The summed E-state index contributed by atoms with van der Waals surface area (Å²) < 4.78 is 12.2. The lowest BCUT2D eigenvalue weighted by Gasteiger charge is -2.05. The zero-order valence-corrected chi connectivity index (χ0v) is 10.9. The lowest BCUT2D eigenvalue weighted by atomic mass is 10.1. The van der Waals surface area contributed by atoms with Crippen LogP contribution < -0.4 is 11.5 Å². The van der Waals surface area contributed by atoms with Crippen molar-refractivity contribution in [3.05, 3.63) is 53.9 Å². The van der Waals surface area contributed by atoms with Crippen molar-refractivity contribution in [2.24, 2.45) is 5.73 Å². The fourth-order valence-corrected chi connectivity index (χ4v) is 2.77. The molecule has 0 aliphatic carbocycles. The number of aromatic nitrogens is 1. The molecule has 1 atom stereocenters. The average Bonchev–Trinajstić information content (AvgIpc) is 2.39. The highest BCUT2D eigenvalue weighted by Gasteiger charge is 2.09. The van der Waals surface area contributed by atoms with Gasteiger partial charge in [0.1, 0.15) is 0 Å². The van der Waals surface area contributed by atoms with E-state index in [1.54, 1.807) is 36.5 Å². The van der Waals surface area contributed by atoms with Crippen molar-refractivity contribution in [2.45, 2.75) is 10.6 Å². The lowest BCUT2D eigenvalue weighted by molar-refractivity contribution is 0.100. The summed E-state index contributed by atoms with van der Waals surface area (Å²) in [5, 5.41) is 0. The molecule has 1 aromatic heterocycles. The van der Waals surface area contributed by atoms with Crippen molar-refractivity contribution in [3.8, 4) is 0 Å². The zero-order chi connectivity index (χ0) is 13.8. The van der Waals surface area contributed by atoms with Crippen LogP contribution in [-0.2, 0) is 16.6 Å². The molecular weight excluding hydrogens is 262 g/mol. The highest BCUT2D eigenvalue weighted by atomic mass is 32.2. The number of nitrogen functional groups attached to an aromatic ring is 1. The van der Waals surface area contributed by atoms with E-state index in [-0.39, 0.29) is 0 Å². The van der Waals surface area contributed by atoms with Gasteiger partial charge in [0.15, 0.2) is 0 Å². The van der Waals surface area contributed by atoms with Crippen LogP contribution in [0.4, 0.5) is 5.69 Å². The number of pyridine rings is 1. The number of anilines is 1. The Labute approximate surface area is 113 Å². The Bertz CT molecular complexity index is 626. The number of benzene rings is 1. The molecule has 0 aliphatic heterocycles. The van der Waals surface area contributed by atoms with Crippen LogP contribution in [0.5, 0.6) is 0 Å². The lowest BCUT2D eigenvalue weighted by Crippen LogP contribution is -2.10. The first-order chi connectivity index (χ1) is 9.08. The minimum Gasteiger partial charge on any atom is -0.396 e. The predicted octanol–water partition coefficient (Wildman–Crippen LogP) is 1.07. The number of primary amides is 1. The van der Waals surface area contributed by atoms with E-state index in [2.05, 4.69) is 4.98 Å². The van der Waals surface area contributed by atoms with Crippen molar-refractivity contribution < 1.29 is 9.00 Å². The van der Waals surface area contributed by atoms with Gasteiger partial charge in [0.05, 0.1) is 33.3 Å². The monoisotopic (exact) mass is 275 g/mol. The molecule has 1 heterocycles. The number of nitrogens with two attached hydrogens (primary N) is 2. The van der Waals surface area contributed by atoms with Crippen LogP contribution in [-0.4, -0.2) is 15.1 Å². The van der Waals surface area contributed by atoms with Gasteiger partial charge in [-0.2, -0.15) is 0 Å². The maximum Gasteiger partial charge on any atom is 0.248 e. The number of amides is 1. The molecule has 2 rings (SSSR count). The van der Waals surface area contributed by atoms with Crippen molar-refractivity contribution in [3.63, 3.8) is 0 Å². The molecular formula is C13H13N3O2S. The second kappa shape index (κ2) is 5.62. The highest BCUT2D eigenvalue weighted by Crippen LogP contribution is 2.17. The van der Waals surface area contributed by atoms with E-state index in [0.29, 0.717) is 21.9 Å². The molecule has 6 heteroatoms. The van der Waals surface area contributed by atoms with E-state index in [4.69, 9.17) is 11.5 Å². The third-order valence-electron chi connectivity index (χ3n) is 2.59. The summed E-state index contributed by atoms with van der Waals surface area (Å²) in [6.07, 6.45) is 3.03. The molecule has 0 fully saturated rings. The maximum absolute atomic E-state index is 12.2. The Morgan fingerprint density at radius 2 is 1.89 bits per heavy atom. The van der Waals surface area contributed by atoms with Gasteiger partial charge in [0.25, 0.3) is 0 Å². The molecule has 0 radical (unpaired) electrons.